The molecule has 1 heteroatoms. The van der Waals surface area contributed by atoms with Crippen molar-refractivity contribution in [3.63, 3.8) is 0 Å². The molecule has 0 aromatic heterocycles. The van der Waals surface area contributed by atoms with Crippen LogP contribution in [0.5, 0.6) is 0 Å². The van der Waals surface area contributed by atoms with Crippen molar-refractivity contribution in [2.75, 3.05) is 0 Å². The summed E-state index contributed by atoms with van der Waals surface area (Å²) in [5.74, 6) is 0. The van der Waals surface area contributed by atoms with Gasteiger partial charge in [0.05, 0.1) is 13.2 Å². The minimum Gasteiger partial charge on any atom is -0.372 e. The Balaban J connectivity index is 1.45. The fraction of sp³-hybridized carbons (Fsp3) is 0.111. The number of hydrogen-bond acceptors (Lipinski definition) is 1. The Labute approximate surface area is 167 Å². The second-order valence-corrected chi connectivity index (χ2v) is 7.03. The summed E-state index contributed by atoms with van der Waals surface area (Å²) in [4.78, 5) is 0. The fourth-order valence-corrected chi connectivity index (χ4v) is 3.58. The van der Waals surface area contributed by atoms with Gasteiger partial charge in [-0.3, -0.25) is 0 Å². The van der Waals surface area contributed by atoms with Gasteiger partial charge < -0.3 is 4.74 Å². The number of ether oxygens (including phenoxy) is 1. The Morgan fingerprint density at radius 1 is 0.571 bits per heavy atom. The van der Waals surface area contributed by atoms with E-state index in [1.54, 1.807) is 0 Å². The smallest absolute Gasteiger partial charge is 0.0727 e. The van der Waals surface area contributed by atoms with Crippen LogP contribution in [-0.2, 0) is 18.0 Å². The van der Waals surface area contributed by atoms with E-state index in [-0.39, 0.29) is 0 Å². The molecule has 1 nitrogen and oxygen atoms in total. The van der Waals surface area contributed by atoms with Crippen molar-refractivity contribution in [3.05, 3.63) is 120 Å². The predicted octanol–water partition coefficient (Wildman–Crippen LogP) is 7.05. The van der Waals surface area contributed by atoms with Crippen LogP contribution in [0, 0.1) is 6.92 Å². The normalized spacial score (nSPS) is 10.8. The summed E-state index contributed by atoms with van der Waals surface area (Å²) in [6.45, 7) is 3.38. The van der Waals surface area contributed by atoms with Crippen molar-refractivity contribution in [1.82, 2.24) is 0 Å². The zero-order valence-corrected chi connectivity index (χ0v) is 16.1. The molecular weight excluding hydrogens is 340 g/mol. The number of benzene rings is 4. The molecule has 0 radical (unpaired) electrons. The lowest BCUT2D eigenvalue weighted by molar-refractivity contribution is 0.107. The van der Waals surface area contributed by atoms with Gasteiger partial charge in [0.1, 0.15) is 0 Å². The highest BCUT2D eigenvalue weighted by Gasteiger charge is 2.06. The molecule has 0 bridgehead atoms. The van der Waals surface area contributed by atoms with Gasteiger partial charge in [0.2, 0.25) is 0 Å². The molecule has 0 saturated carbocycles. The summed E-state index contributed by atoms with van der Waals surface area (Å²) in [6.07, 6.45) is 0. The number of rotatable bonds is 6. The van der Waals surface area contributed by atoms with Crippen molar-refractivity contribution >= 4 is 0 Å². The molecule has 0 aliphatic carbocycles. The first kappa shape index (κ1) is 18.2. The molecule has 138 valence electrons. The van der Waals surface area contributed by atoms with E-state index in [1.807, 2.05) is 12.1 Å². The van der Waals surface area contributed by atoms with Crippen LogP contribution in [0.25, 0.3) is 22.3 Å². The molecule has 4 aromatic carbocycles. The molecule has 4 rings (SSSR count). The summed E-state index contributed by atoms with van der Waals surface area (Å²) in [7, 11) is 0. The van der Waals surface area contributed by atoms with Crippen molar-refractivity contribution in [2.45, 2.75) is 20.1 Å². The molecule has 0 amide bonds. The molecule has 0 spiro atoms. The second-order valence-electron chi connectivity index (χ2n) is 7.03. The van der Waals surface area contributed by atoms with Crippen LogP contribution in [0.1, 0.15) is 16.7 Å². The first-order chi connectivity index (χ1) is 13.8. The molecule has 28 heavy (non-hydrogen) atoms. The van der Waals surface area contributed by atoms with Gasteiger partial charge in [0.25, 0.3) is 0 Å². The molecule has 0 atom stereocenters. The van der Waals surface area contributed by atoms with E-state index < -0.39 is 0 Å². The second kappa shape index (κ2) is 8.69. The van der Waals surface area contributed by atoms with Crippen LogP contribution >= 0.6 is 0 Å². The molecular formula is C27H24O. The van der Waals surface area contributed by atoms with Crippen LogP contribution in [0.15, 0.2) is 103 Å². The van der Waals surface area contributed by atoms with Gasteiger partial charge in [-0.1, -0.05) is 103 Å². The maximum Gasteiger partial charge on any atom is 0.0727 e. The van der Waals surface area contributed by atoms with Gasteiger partial charge in [-0.25, -0.2) is 0 Å². The van der Waals surface area contributed by atoms with Crippen LogP contribution in [0.4, 0.5) is 0 Å². The zero-order valence-electron chi connectivity index (χ0n) is 16.1. The minimum atomic E-state index is 0.602. The average Bonchev–Trinajstić information content (AvgIpc) is 2.75. The Bertz CT molecular complexity index is 1040. The average molecular weight is 364 g/mol. The van der Waals surface area contributed by atoms with Crippen LogP contribution in [-0.4, -0.2) is 0 Å². The lowest BCUT2D eigenvalue weighted by atomic mass is 9.98. The van der Waals surface area contributed by atoms with Crippen molar-refractivity contribution in [1.29, 1.82) is 0 Å². The van der Waals surface area contributed by atoms with E-state index in [0.29, 0.717) is 13.2 Å². The zero-order chi connectivity index (χ0) is 19.2. The maximum atomic E-state index is 6.07. The Morgan fingerprint density at radius 3 is 1.86 bits per heavy atom. The molecule has 0 aliphatic heterocycles. The quantitative estimate of drug-likeness (QED) is 0.356. The summed E-state index contributed by atoms with van der Waals surface area (Å²) < 4.78 is 6.07. The van der Waals surface area contributed by atoms with Gasteiger partial charge in [-0.15, -0.1) is 0 Å². The highest BCUT2D eigenvalue weighted by Crippen LogP contribution is 2.26. The summed E-state index contributed by atoms with van der Waals surface area (Å²) in [6, 6.07) is 36.0. The molecule has 0 heterocycles. The molecule has 0 fully saturated rings. The van der Waals surface area contributed by atoms with E-state index in [9.17, 15) is 0 Å². The minimum absolute atomic E-state index is 0.602. The molecule has 0 N–H and O–H groups in total. The first-order valence-electron chi connectivity index (χ1n) is 9.67. The Kier molecular flexibility index (Phi) is 5.65. The highest BCUT2D eigenvalue weighted by molar-refractivity contribution is 5.68. The first-order valence-corrected chi connectivity index (χ1v) is 9.67. The highest BCUT2D eigenvalue weighted by atomic mass is 16.5. The molecule has 0 saturated heterocycles. The van der Waals surface area contributed by atoms with Gasteiger partial charge in [0.15, 0.2) is 0 Å². The van der Waals surface area contributed by atoms with E-state index in [2.05, 4.69) is 97.9 Å². The molecule has 0 aliphatic rings. The Morgan fingerprint density at radius 2 is 1.18 bits per heavy atom. The van der Waals surface area contributed by atoms with Crippen molar-refractivity contribution < 1.29 is 4.74 Å². The summed E-state index contributed by atoms with van der Waals surface area (Å²) >= 11 is 0. The van der Waals surface area contributed by atoms with Gasteiger partial charge in [0, 0.05) is 0 Å². The van der Waals surface area contributed by atoms with Crippen molar-refractivity contribution in [3.8, 4) is 22.3 Å². The topological polar surface area (TPSA) is 9.23 Å². The maximum absolute atomic E-state index is 6.07. The summed E-state index contributed by atoms with van der Waals surface area (Å²) in [5, 5.41) is 0. The number of aryl methyl sites for hydroxylation is 1. The monoisotopic (exact) mass is 364 g/mol. The molecule has 0 unspecified atom stereocenters. The SMILES string of the molecule is Cc1cc(COCc2ccccc2-c2ccccc2)ccc1-c1ccccc1. The standard InChI is InChI=1S/C27H24O/c1-21-18-22(16-17-26(21)23-10-4-2-5-11-23)19-28-20-25-14-8-9-15-27(25)24-12-6-3-7-13-24/h2-18H,19-20H2,1H3. The fourth-order valence-electron chi connectivity index (χ4n) is 3.58. The van der Waals surface area contributed by atoms with Gasteiger partial charge >= 0.3 is 0 Å². The van der Waals surface area contributed by atoms with E-state index in [0.717, 1.165) is 0 Å². The van der Waals surface area contributed by atoms with Crippen LogP contribution in [0.2, 0.25) is 0 Å². The Hall–Kier alpha value is -3.16. The third-order valence-electron chi connectivity index (χ3n) is 5.00. The largest absolute Gasteiger partial charge is 0.372 e. The summed E-state index contributed by atoms with van der Waals surface area (Å²) in [5.41, 5.74) is 8.68. The van der Waals surface area contributed by atoms with Gasteiger partial charge in [-0.05, 0) is 45.9 Å². The third-order valence-corrected chi connectivity index (χ3v) is 5.00. The lowest BCUT2D eigenvalue weighted by Gasteiger charge is -2.12. The third kappa shape index (κ3) is 4.21. The van der Waals surface area contributed by atoms with Crippen LogP contribution < -0.4 is 0 Å². The van der Waals surface area contributed by atoms with Crippen molar-refractivity contribution in [2.24, 2.45) is 0 Å². The number of hydrogen-bond donors (Lipinski definition) is 0. The van der Waals surface area contributed by atoms with E-state index in [1.165, 1.54) is 38.9 Å². The predicted molar refractivity (Wildman–Crippen MR) is 117 cm³/mol. The van der Waals surface area contributed by atoms with Gasteiger partial charge in [-0.2, -0.15) is 0 Å². The van der Waals surface area contributed by atoms with Crippen LogP contribution in [0.3, 0.4) is 0 Å². The molecule has 4 aromatic rings. The lowest BCUT2D eigenvalue weighted by Crippen LogP contribution is -1.97. The van der Waals surface area contributed by atoms with E-state index >= 15 is 0 Å². The van der Waals surface area contributed by atoms with E-state index in [4.69, 9.17) is 4.74 Å².